The van der Waals surface area contributed by atoms with Crippen molar-refractivity contribution in [1.29, 1.82) is 0 Å². The molecule has 0 fully saturated rings. The Hall–Kier alpha value is -4.19. The number of unbranched alkanes of at least 4 members (excludes halogenated alkanes) is 18. The highest BCUT2D eigenvalue weighted by Gasteiger charge is 2.19. The van der Waals surface area contributed by atoms with E-state index in [1.807, 2.05) is 0 Å². The number of carbonyl (C=O) groups excluding carboxylic acids is 3. The van der Waals surface area contributed by atoms with Gasteiger partial charge in [-0.1, -0.05) is 213 Å². The van der Waals surface area contributed by atoms with Crippen LogP contribution in [0.4, 0.5) is 0 Å². The molecule has 1 atom stereocenters. The summed E-state index contributed by atoms with van der Waals surface area (Å²) < 4.78 is 16.7. The molecular weight excluding hydrogens is 853 g/mol. The summed E-state index contributed by atoms with van der Waals surface area (Å²) in [5, 5.41) is 0. The van der Waals surface area contributed by atoms with Gasteiger partial charge in [-0.15, -0.1) is 0 Å². The molecule has 0 amide bonds. The van der Waals surface area contributed by atoms with Crippen molar-refractivity contribution in [2.75, 3.05) is 13.2 Å². The van der Waals surface area contributed by atoms with E-state index in [1.165, 1.54) is 103 Å². The fourth-order valence-electron chi connectivity index (χ4n) is 7.16. The molecule has 0 aliphatic heterocycles. The summed E-state index contributed by atoms with van der Waals surface area (Å²) in [5.41, 5.74) is 0. The number of hydrogen-bond acceptors (Lipinski definition) is 6. The molecule has 0 aliphatic rings. The second kappa shape index (κ2) is 56.4. The van der Waals surface area contributed by atoms with E-state index in [2.05, 4.69) is 142 Å². The van der Waals surface area contributed by atoms with Crippen LogP contribution in [0.15, 0.2) is 122 Å². The summed E-state index contributed by atoms with van der Waals surface area (Å²) in [6, 6.07) is 0. The van der Waals surface area contributed by atoms with Gasteiger partial charge in [-0.3, -0.25) is 14.4 Å². The number of ether oxygens (including phenoxy) is 3. The van der Waals surface area contributed by atoms with Crippen LogP contribution in [-0.4, -0.2) is 37.2 Å². The molecule has 0 aromatic carbocycles. The van der Waals surface area contributed by atoms with Crippen LogP contribution in [0.1, 0.15) is 239 Å². The molecule has 0 aromatic rings. The van der Waals surface area contributed by atoms with Crippen LogP contribution >= 0.6 is 0 Å². The molecule has 0 aliphatic carbocycles. The van der Waals surface area contributed by atoms with Crippen LogP contribution < -0.4 is 0 Å². The van der Waals surface area contributed by atoms with Crippen molar-refractivity contribution in [3.63, 3.8) is 0 Å². The average molecular weight is 956 g/mol. The number of carbonyl (C=O) groups is 3. The molecule has 0 rings (SSSR count). The standard InChI is InChI=1S/C63H102O6/c1-4-7-10-13-16-19-22-25-28-31-34-37-40-43-46-49-52-55-61(64)67-58-60(69-63(66)57-54-51-48-45-42-39-36-33-30-27-24-21-18-15-12-9-6-3)59-68-62(65)56-53-50-47-44-41-38-35-32-29-26-23-20-17-14-11-8-5-2/h16-21,25-30,34,36-37,39,43,45-46,48,60H,4-15,22-24,31-33,35,38,40-42,44,47,49-59H2,1-3H3/b19-16-,20-17-,21-18-,28-25-,29-26-,30-27-,37-34-,39-36-,46-43-,48-45-/t60-/m0/s1. The first kappa shape index (κ1) is 64.8. The summed E-state index contributed by atoms with van der Waals surface area (Å²) in [4.78, 5) is 38.1. The van der Waals surface area contributed by atoms with Gasteiger partial charge in [-0.2, -0.15) is 0 Å². The van der Waals surface area contributed by atoms with E-state index < -0.39 is 6.10 Å². The third-order valence-corrected chi connectivity index (χ3v) is 11.4. The monoisotopic (exact) mass is 955 g/mol. The lowest BCUT2D eigenvalue weighted by Gasteiger charge is -2.18. The highest BCUT2D eigenvalue weighted by atomic mass is 16.6. The summed E-state index contributed by atoms with van der Waals surface area (Å²) in [5.74, 6) is -1.05. The Kier molecular flexibility index (Phi) is 53.0. The highest BCUT2D eigenvalue weighted by Crippen LogP contribution is 2.12. The molecule has 0 spiro atoms. The van der Waals surface area contributed by atoms with Crippen LogP contribution in [0, 0.1) is 0 Å². The SMILES string of the molecule is CCCCC/C=C\C/C=C\C/C=C\C/C=C\CCCC(=O)OC[C@@H](COC(=O)CCCCCCCCC/C=C\C/C=C\CCCCC)OC(=O)CCC/C=C\C/C=C\C/C=C\C/C=C\CCCCC. The van der Waals surface area contributed by atoms with Crippen LogP contribution in [0.2, 0.25) is 0 Å². The Balaban J connectivity index is 4.59. The van der Waals surface area contributed by atoms with Gasteiger partial charge in [0, 0.05) is 19.3 Å². The summed E-state index contributed by atoms with van der Waals surface area (Å²) in [6.45, 7) is 6.45. The number of allylic oxidation sites excluding steroid dienone is 20. The molecule has 0 saturated heterocycles. The molecule has 390 valence electrons. The predicted octanol–water partition coefficient (Wildman–Crippen LogP) is 18.9. The minimum absolute atomic E-state index is 0.124. The molecule has 0 N–H and O–H groups in total. The van der Waals surface area contributed by atoms with Gasteiger partial charge < -0.3 is 14.2 Å². The Morgan fingerprint density at radius 3 is 0.870 bits per heavy atom. The van der Waals surface area contributed by atoms with Crippen LogP contribution in [0.5, 0.6) is 0 Å². The van der Waals surface area contributed by atoms with Crippen molar-refractivity contribution in [3.05, 3.63) is 122 Å². The van der Waals surface area contributed by atoms with Gasteiger partial charge in [-0.05, 0) is 128 Å². The van der Waals surface area contributed by atoms with E-state index in [0.717, 1.165) is 83.5 Å². The molecule has 6 heteroatoms. The van der Waals surface area contributed by atoms with Crippen LogP contribution in [0.3, 0.4) is 0 Å². The van der Waals surface area contributed by atoms with Crippen molar-refractivity contribution in [2.45, 2.75) is 245 Å². The van der Waals surface area contributed by atoms with Gasteiger partial charge in [0.05, 0.1) is 0 Å². The zero-order chi connectivity index (χ0) is 50.0. The summed E-state index contributed by atoms with van der Waals surface area (Å²) >= 11 is 0. The lowest BCUT2D eigenvalue weighted by Crippen LogP contribution is -2.30. The van der Waals surface area contributed by atoms with Crippen molar-refractivity contribution < 1.29 is 28.6 Å². The summed E-state index contributed by atoms with van der Waals surface area (Å²) in [7, 11) is 0. The Bertz CT molecular complexity index is 1470. The maximum absolute atomic E-state index is 12.8. The molecule has 0 unspecified atom stereocenters. The van der Waals surface area contributed by atoms with Gasteiger partial charge >= 0.3 is 17.9 Å². The molecular formula is C63H102O6. The third kappa shape index (κ3) is 54.6. The normalized spacial score (nSPS) is 13.0. The molecule has 0 aromatic heterocycles. The van der Waals surface area contributed by atoms with Crippen molar-refractivity contribution in [2.24, 2.45) is 0 Å². The van der Waals surface area contributed by atoms with Crippen molar-refractivity contribution in [1.82, 2.24) is 0 Å². The van der Waals surface area contributed by atoms with Crippen molar-refractivity contribution in [3.8, 4) is 0 Å². The smallest absolute Gasteiger partial charge is 0.306 e. The van der Waals surface area contributed by atoms with E-state index in [9.17, 15) is 14.4 Å². The largest absolute Gasteiger partial charge is 0.462 e. The zero-order valence-electron chi connectivity index (χ0n) is 44.5. The first-order valence-corrected chi connectivity index (χ1v) is 28.0. The fraction of sp³-hybridized carbons (Fsp3) is 0.635. The van der Waals surface area contributed by atoms with Gasteiger partial charge in [0.25, 0.3) is 0 Å². The van der Waals surface area contributed by atoms with E-state index >= 15 is 0 Å². The second-order valence-corrected chi connectivity index (χ2v) is 18.1. The molecule has 69 heavy (non-hydrogen) atoms. The molecule has 0 radical (unpaired) electrons. The predicted molar refractivity (Wildman–Crippen MR) is 297 cm³/mol. The second-order valence-electron chi connectivity index (χ2n) is 18.1. The molecule has 6 nitrogen and oxygen atoms in total. The average Bonchev–Trinajstić information content (AvgIpc) is 3.35. The van der Waals surface area contributed by atoms with E-state index in [-0.39, 0.29) is 44.0 Å². The fourth-order valence-corrected chi connectivity index (χ4v) is 7.16. The molecule has 0 heterocycles. The van der Waals surface area contributed by atoms with Gasteiger partial charge in [0.2, 0.25) is 0 Å². The maximum atomic E-state index is 12.8. The van der Waals surface area contributed by atoms with E-state index in [4.69, 9.17) is 14.2 Å². The van der Waals surface area contributed by atoms with Gasteiger partial charge in [0.1, 0.15) is 13.2 Å². The minimum Gasteiger partial charge on any atom is -0.462 e. The van der Waals surface area contributed by atoms with E-state index in [1.54, 1.807) is 0 Å². The van der Waals surface area contributed by atoms with E-state index in [0.29, 0.717) is 19.3 Å². The topological polar surface area (TPSA) is 78.9 Å². The number of rotatable bonds is 49. The van der Waals surface area contributed by atoms with Gasteiger partial charge in [-0.25, -0.2) is 0 Å². The minimum atomic E-state index is -0.836. The first-order chi connectivity index (χ1) is 34.0. The Morgan fingerprint density at radius 2 is 0.536 bits per heavy atom. The Morgan fingerprint density at radius 1 is 0.290 bits per heavy atom. The molecule has 0 bridgehead atoms. The quantitative estimate of drug-likeness (QED) is 0.0262. The lowest BCUT2D eigenvalue weighted by atomic mass is 10.1. The maximum Gasteiger partial charge on any atom is 0.306 e. The van der Waals surface area contributed by atoms with Crippen molar-refractivity contribution >= 4 is 17.9 Å². The first-order valence-electron chi connectivity index (χ1n) is 28.0. The number of hydrogen-bond donors (Lipinski definition) is 0. The third-order valence-electron chi connectivity index (χ3n) is 11.4. The van der Waals surface area contributed by atoms with Crippen LogP contribution in [-0.2, 0) is 28.6 Å². The number of esters is 3. The Labute approximate surface area is 424 Å². The lowest BCUT2D eigenvalue weighted by molar-refractivity contribution is -0.167. The zero-order valence-corrected chi connectivity index (χ0v) is 44.5. The van der Waals surface area contributed by atoms with Crippen LogP contribution in [0.25, 0.3) is 0 Å². The summed E-state index contributed by atoms with van der Waals surface area (Å²) in [6.07, 6.45) is 77.6. The van der Waals surface area contributed by atoms with Gasteiger partial charge in [0.15, 0.2) is 6.10 Å². The highest BCUT2D eigenvalue weighted by molar-refractivity contribution is 5.71. The molecule has 0 saturated carbocycles.